The first-order valence-electron chi connectivity index (χ1n) is 5.74. The number of rotatable bonds is 5. The van der Waals surface area contributed by atoms with E-state index in [0.29, 0.717) is 0 Å². The third-order valence-electron chi connectivity index (χ3n) is 2.54. The Morgan fingerprint density at radius 2 is 2.09 bits per heavy atom. The molecule has 0 bridgehead atoms. The van der Waals surface area contributed by atoms with Crippen LogP contribution in [0.25, 0.3) is 0 Å². The molecule has 0 atom stereocenters. The van der Waals surface area contributed by atoms with Gasteiger partial charge in [-0.25, -0.2) is 4.79 Å². The number of carbonyl (C=O) groups is 1. The predicted molar refractivity (Wildman–Crippen MR) is 76.5 cm³/mol. The van der Waals surface area contributed by atoms with Crippen LogP contribution >= 0.6 is 11.6 Å². The third kappa shape index (κ3) is 3.12. The molecule has 0 radical (unpaired) electrons. The smallest absolute Gasteiger partial charge is 0.342 e. The summed E-state index contributed by atoms with van der Waals surface area (Å²) in [6.07, 6.45) is 1.04. The zero-order chi connectivity index (χ0) is 16.3. The molecule has 0 fully saturated rings. The summed E-state index contributed by atoms with van der Waals surface area (Å²) in [5, 5.41) is 5.36. The number of aromatic nitrogens is 3. The van der Waals surface area contributed by atoms with Gasteiger partial charge in [-0.15, -0.1) is 0 Å². The molecule has 2 aromatic rings. The normalized spacial score (nSPS) is 11.0. The van der Waals surface area contributed by atoms with Crippen LogP contribution in [-0.4, -0.2) is 43.8 Å². The molecule has 0 saturated heterocycles. The Morgan fingerprint density at radius 3 is 2.73 bits per heavy atom. The number of nitrogens with one attached hydrogen (secondary N) is 2. The fourth-order valence-electron chi connectivity index (χ4n) is 1.52. The van der Waals surface area contributed by atoms with Crippen molar-refractivity contribution in [1.29, 1.82) is 0 Å². The van der Waals surface area contributed by atoms with Gasteiger partial charge in [0.2, 0.25) is 5.88 Å². The van der Waals surface area contributed by atoms with Crippen LogP contribution in [0.1, 0.15) is 10.4 Å². The van der Waals surface area contributed by atoms with Crippen molar-refractivity contribution in [3.63, 3.8) is 0 Å². The number of nitrogens with zero attached hydrogens (tertiary/aromatic N) is 2. The summed E-state index contributed by atoms with van der Waals surface area (Å²) in [6, 6.07) is 2.88. The van der Waals surface area contributed by atoms with E-state index < -0.39 is 21.0 Å². The minimum Gasteiger partial charge on any atom is -0.481 e. The Balaban J connectivity index is 2.41. The number of anilines is 1. The molecule has 0 saturated carbocycles. The molecule has 0 amide bonds. The summed E-state index contributed by atoms with van der Waals surface area (Å²) < 4.78 is 36.2. The fraction of sp³-hybridized carbons (Fsp3) is 0.182. The van der Waals surface area contributed by atoms with Crippen LogP contribution in [0.5, 0.6) is 5.88 Å². The van der Waals surface area contributed by atoms with Gasteiger partial charge in [-0.05, 0) is 6.07 Å². The molecule has 0 aliphatic rings. The van der Waals surface area contributed by atoms with E-state index in [9.17, 15) is 13.2 Å². The van der Waals surface area contributed by atoms with E-state index in [0.717, 1.165) is 13.3 Å². The number of carbonyl (C=O) groups excluding carboxylic acids is 1. The molecular formula is C11H11ClN4O5S. The standard InChI is InChI=1S/C11H11ClN4O5S/c1-20-8-4-3-7(12)9(14-8)16-22(18,19)10-6(5-13-15-10)11(17)21-2/h3-5H,1-2H3,(H,13,15)(H,14,16). The Kier molecular flexibility index (Phi) is 4.52. The van der Waals surface area contributed by atoms with Crippen molar-refractivity contribution in [2.45, 2.75) is 5.03 Å². The average molecular weight is 347 g/mol. The van der Waals surface area contributed by atoms with Crippen molar-refractivity contribution >= 4 is 33.4 Å². The van der Waals surface area contributed by atoms with E-state index in [-0.39, 0.29) is 22.3 Å². The van der Waals surface area contributed by atoms with Crippen LogP contribution < -0.4 is 9.46 Å². The van der Waals surface area contributed by atoms with Gasteiger partial charge in [0.1, 0.15) is 5.56 Å². The highest BCUT2D eigenvalue weighted by Gasteiger charge is 2.26. The van der Waals surface area contributed by atoms with Crippen molar-refractivity contribution in [3.8, 4) is 5.88 Å². The number of ether oxygens (including phenoxy) is 2. The predicted octanol–water partition coefficient (Wildman–Crippen LogP) is 1.05. The van der Waals surface area contributed by atoms with Crippen molar-refractivity contribution < 1.29 is 22.7 Å². The number of halogens is 1. The maximum absolute atomic E-state index is 12.3. The van der Waals surface area contributed by atoms with E-state index in [1.807, 2.05) is 0 Å². The summed E-state index contributed by atoms with van der Waals surface area (Å²) in [6.45, 7) is 0. The van der Waals surface area contributed by atoms with Crippen molar-refractivity contribution in [2.24, 2.45) is 0 Å². The lowest BCUT2D eigenvalue weighted by Crippen LogP contribution is -2.18. The van der Waals surface area contributed by atoms with Crippen LogP contribution in [0.3, 0.4) is 0 Å². The largest absolute Gasteiger partial charge is 0.481 e. The molecule has 0 spiro atoms. The second-order valence-electron chi connectivity index (χ2n) is 3.89. The minimum absolute atomic E-state index is 0.0588. The van der Waals surface area contributed by atoms with E-state index in [4.69, 9.17) is 16.3 Å². The number of pyridine rings is 1. The lowest BCUT2D eigenvalue weighted by molar-refractivity contribution is 0.0596. The van der Waals surface area contributed by atoms with Gasteiger partial charge in [0.05, 0.1) is 25.4 Å². The maximum atomic E-state index is 12.3. The topological polar surface area (TPSA) is 123 Å². The zero-order valence-corrected chi connectivity index (χ0v) is 13.0. The Morgan fingerprint density at radius 1 is 1.36 bits per heavy atom. The quantitative estimate of drug-likeness (QED) is 0.775. The molecule has 2 aromatic heterocycles. The molecule has 2 N–H and O–H groups in total. The maximum Gasteiger partial charge on any atom is 0.342 e. The van der Waals surface area contributed by atoms with E-state index in [1.54, 1.807) is 0 Å². The molecule has 0 aliphatic heterocycles. The minimum atomic E-state index is -4.17. The summed E-state index contributed by atoms with van der Waals surface area (Å²) in [4.78, 5) is 15.4. The third-order valence-corrected chi connectivity index (χ3v) is 4.15. The molecule has 2 rings (SSSR count). The molecule has 118 valence electrons. The van der Waals surface area contributed by atoms with Crippen molar-refractivity contribution in [2.75, 3.05) is 18.9 Å². The second kappa shape index (κ2) is 6.20. The number of sulfonamides is 1. The average Bonchev–Trinajstić information content (AvgIpc) is 2.99. The Labute approximate surface area is 130 Å². The van der Waals surface area contributed by atoms with Crippen LogP contribution in [0.15, 0.2) is 23.4 Å². The molecule has 11 heteroatoms. The summed E-state index contributed by atoms with van der Waals surface area (Å²) >= 11 is 5.89. The van der Waals surface area contributed by atoms with Gasteiger partial charge in [-0.1, -0.05) is 11.6 Å². The number of H-pyrrole nitrogens is 1. The molecule has 22 heavy (non-hydrogen) atoms. The van der Waals surface area contributed by atoms with Crippen LogP contribution in [0.4, 0.5) is 5.82 Å². The van der Waals surface area contributed by atoms with Gasteiger partial charge in [-0.2, -0.15) is 18.5 Å². The summed E-state index contributed by atoms with van der Waals surface area (Å²) in [5.41, 5.74) is -0.242. The van der Waals surface area contributed by atoms with Gasteiger partial charge >= 0.3 is 5.97 Å². The monoisotopic (exact) mass is 346 g/mol. The van der Waals surface area contributed by atoms with E-state index in [1.165, 1.54) is 19.2 Å². The lowest BCUT2D eigenvalue weighted by Gasteiger charge is -2.09. The highest BCUT2D eigenvalue weighted by molar-refractivity contribution is 7.92. The van der Waals surface area contributed by atoms with Crippen LogP contribution in [0.2, 0.25) is 5.02 Å². The van der Waals surface area contributed by atoms with Crippen molar-refractivity contribution in [1.82, 2.24) is 15.2 Å². The van der Waals surface area contributed by atoms with Crippen molar-refractivity contribution in [3.05, 3.63) is 28.9 Å². The molecular weight excluding hydrogens is 336 g/mol. The SMILES string of the molecule is COC(=O)c1cn[nH]c1S(=O)(=O)Nc1nc(OC)ccc1Cl. The van der Waals surface area contributed by atoms with Crippen LogP contribution in [-0.2, 0) is 14.8 Å². The highest BCUT2D eigenvalue weighted by Crippen LogP contribution is 2.25. The zero-order valence-electron chi connectivity index (χ0n) is 11.5. The number of hydrogen-bond donors (Lipinski definition) is 2. The number of aromatic amines is 1. The Hall–Kier alpha value is -2.33. The Bertz CT molecular complexity index is 805. The molecule has 0 aromatic carbocycles. The van der Waals surface area contributed by atoms with Gasteiger partial charge in [0.15, 0.2) is 10.8 Å². The molecule has 2 heterocycles. The van der Waals surface area contributed by atoms with Gasteiger partial charge < -0.3 is 9.47 Å². The molecule has 0 unspecified atom stereocenters. The van der Waals surface area contributed by atoms with Gasteiger partial charge in [0.25, 0.3) is 10.0 Å². The first-order valence-corrected chi connectivity index (χ1v) is 7.60. The van der Waals surface area contributed by atoms with Gasteiger partial charge in [-0.3, -0.25) is 9.82 Å². The first-order chi connectivity index (χ1) is 10.4. The summed E-state index contributed by atoms with van der Waals surface area (Å²) in [7, 11) is -1.68. The first kappa shape index (κ1) is 16.0. The second-order valence-corrected chi connectivity index (χ2v) is 5.92. The molecule has 9 nitrogen and oxygen atoms in total. The highest BCUT2D eigenvalue weighted by atomic mass is 35.5. The van der Waals surface area contributed by atoms with Crippen LogP contribution in [0, 0.1) is 0 Å². The number of esters is 1. The fourth-order valence-corrected chi connectivity index (χ4v) is 2.84. The number of methoxy groups -OCH3 is 2. The van der Waals surface area contributed by atoms with Gasteiger partial charge in [0, 0.05) is 6.07 Å². The van der Waals surface area contributed by atoms with E-state index in [2.05, 4.69) is 24.6 Å². The molecule has 0 aliphatic carbocycles. The lowest BCUT2D eigenvalue weighted by atomic mass is 10.4. The summed E-state index contributed by atoms with van der Waals surface area (Å²) in [5.74, 6) is -0.829. The van der Waals surface area contributed by atoms with E-state index >= 15 is 0 Å². The number of hydrogen-bond acceptors (Lipinski definition) is 7.